The van der Waals surface area contributed by atoms with Crippen LogP contribution >= 0.6 is 109 Å². The van der Waals surface area contributed by atoms with Crippen LogP contribution in [-0.4, -0.2) is 85.3 Å². The number of aromatic nitrogens is 4. The van der Waals surface area contributed by atoms with E-state index in [9.17, 15) is 0 Å². The molecule has 0 amide bonds. The molecule has 0 aliphatic rings. The smallest absolute Gasteiger partial charge is 0.692 e. The van der Waals surface area contributed by atoms with Gasteiger partial charge < -0.3 is 76.3 Å². The van der Waals surface area contributed by atoms with Gasteiger partial charge in [-0.2, -0.15) is 36.4 Å². The third-order valence-corrected chi connectivity index (χ3v) is 16.8. The van der Waals surface area contributed by atoms with Crippen LogP contribution in [0.15, 0.2) is 267 Å². The van der Waals surface area contributed by atoms with Crippen molar-refractivity contribution in [2.24, 2.45) is 0 Å². The summed E-state index contributed by atoms with van der Waals surface area (Å²) in [7, 11) is -1.75. The van der Waals surface area contributed by atoms with Crippen molar-refractivity contribution in [2.75, 3.05) is 34.4 Å². The van der Waals surface area contributed by atoms with Crippen LogP contribution in [0.5, 0.6) is 0 Å². The Morgan fingerprint density at radius 1 is 0.360 bits per heavy atom. The van der Waals surface area contributed by atoms with Crippen LogP contribution < -0.4 is 31.8 Å². The van der Waals surface area contributed by atoms with Crippen molar-refractivity contribution in [1.29, 1.82) is 0 Å². The second-order valence-corrected chi connectivity index (χ2v) is 25.8. The number of nitrogens with zero attached hydrogens (tertiary/aromatic N) is 8. The summed E-state index contributed by atoms with van der Waals surface area (Å²) in [5.74, 6) is 4.84. The van der Waals surface area contributed by atoms with E-state index in [0.29, 0.717) is 39.3 Å². The number of halogens is 8. The molecule has 546 valence electrons. The average molecular weight is 2020 g/mol. The van der Waals surface area contributed by atoms with Gasteiger partial charge in [0.15, 0.2) is 0 Å². The minimum absolute atomic E-state index is 0. The quantitative estimate of drug-likeness (QED) is 0.0166. The normalized spacial score (nSPS) is 8.90. The Balaban J connectivity index is -0.000000265. The van der Waals surface area contributed by atoms with Crippen LogP contribution in [-0.2, 0) is 105 Å². The molecule has 0 spiro atoms. The van der Waals surface area contributed by atoms with E-state index in [1.54, 1.807) is 24.5 Å². The Morgan fingerprint density at radius 3 is 0.720 bits per heavy atom. The third kappa shape index (κ3) is 53.7. The molecule has 0 saturated carbocycles. The van der Waals surface area contributed by atoms with Gasteiger partial charge in [-0.15, -0.1) is 92.8 Å². The average Bonchev–Trinajstić information content (AvgIpc) is 0.828. The maximum Gasteiger partial charge on any atom is 2.00 e. The summed E-state index contributed by atoms with van der Waals surface area (Å²) in [6.45, 7) is 3.63. The number of benzene rings is 6. The van der Waals surface area contributed by atoms with Crippen LogP contribution in [0.1, 0.15) is 22.8 Å². The zero-order valence-electron chi connectivity index (χ0n) is 52.7. The van der Waals surface area contributed by atoms with E-state index in [-0.39, 0.29) is 111 Å². The molecule has 0 saturated heterocycles. The molecular formula is C70H70Au2Cl8Cu2N8O8P2+2. The first kappa shape index (κ1) is 106. The van der Waals surface area contributed by atoms with Gasteiger partial charge in [-0.25, -0.2) is 0 Å². The number of rotatable bonds is 16. The first-order valence-corrected chi connectivity index (χ1v) is 34.9. The van der Waals surface area contributed by atoms with Crippen molar-refractivity contribution in [3.05, 3.63) is 346 Å². The van der Waals surface area contributed by atoms with E-state index < -0.39 is 26.0 Å². The summed E-state index contributed by atoms with van der Waals surface area (Å²) in [6.07, 6.45) is 23.4. The van der Waals surface area contributed by atoms with Crippen LogP contribution in [0.4, 0.5) is 0 Å². The molecule has 4 heterocycles. The van der Waals surface area contributed by atoms with Crippen molar-refractivity contribution in [3.8, 4) is 11.8 Å². The van der Waals surface area contributed by atoms with Crippen molar-refractivity contribution >= 4 is 140 Å². The molecule has 30 heteroatoms. The second-order valence-electron chi connectivity index (χ2n) is 17.6. The molecule has 2 radical (unpaired) electrons. The molecule has 6 aromatic carbocycles. The van der Waals surface area contributed by atoms with Crippen molar-refractivity contribution in [1.82, 2.24) is 29.7 Å². The summed E-state index contributed by atoms with van der Waals surface area (Å²) in [5.41, 5.74) is 3.83. The number of pyridine rings is 4. The van der Waals surface area contributed by atoms with Gasteiger partial charge in [0.2, 0.25) is 0 Å². The Hall–Kier alpha value is -5.02. The second kappa shape index (κ2) is 73.7. The number of hydrogen-bond donors (Lipinski definition) is 0. The van der Waals surface area contributed by atoms with E-state index in [1.807, 2.05) is 60.7 Å². The van der Waals surface area contributed by atoms with Crippen LogP contribution in [0.25, 0.3) is 0 Å². The summed E-state index contributed by atoms with van der Waals surface area (Å²) >= 11 is 38.1. The predicted molar refractivity (Wildman–Crippen MR) is 404 cm³/mol. The SMILES string of the molecule is ClCCl.ClCCl.ClCCl.ClCCl.O.O.O=[N+]([O-])[O-].O=[N+]([O-])[O-].[Au+].[Au+].[C-]#CCN(Cc1ccc[c-]n1)Cc1ccccn1.[C-]#CCN(Cc1ccc[c-]n1)Cc1ccccn1.[Cu+2].[Cu+2].c1ccc([PH+](c2ccccc2)c2ccccc2)cc1.c1ccc([PH+](c2ccccc2)c2ccccc2)cc1. The molecule has 10 aromatic rings. The molecule has 0 aliphatic heterocycles. The molecule has 0 aliphatic carbocycles. The van der Waals surface area contributed by atoms with Gasteiger partial charge in [-0.3, -0.25) is 19.8 Å². The van der Waals surface area contributed by atoms with Crippen molar-refractivity contribution < 1.29 is 100 Å². The van der Waals surface area contributed by atoms with Crippen LogP contribution in [0.2, 0.25) is 0 Å². The zero-order valence-corrected chi connectivity index (χ0v) is 67.0. The minimum atomic E-state index is -1.75. The van der Waals surface area contributed by atoms with E-state index in [2.05, 4.69) is 236 Å². The van der Waals surface area contributed by atoms with Crippen molar-refractivity contribution in [3.63, 3.8) is 0 Å². The monoisotopic (exact) mass is 2010 g/mol. The summed E-state index contributed by atoms with van der Waals surface area (Å²) < 4.78 is 0. The Labute approximate surface area is 681 Å². The molecular weight excluding hydrogens is 1950 g/mol. The Kier molecular flexibility index (Phi) is 78.1. The summed E-state index contributed by atoms with van der Waals surface area (Å²) in [5, 5.41) is 38.9. The zero-order chi connectivity index (χ0) is 69.1. The van der Waals surface area contributed by atoms with Gasteiger partial charge in [0.05, 0.1) is 58.8 Å². The molecule has 16 nitrogen and oxygen atoms in total. The predicted octanol–water partition coefficient (Wildman–Crippen LogP) is 13.6. The first-order valence-electron chi connectivity index (χ1n) is 27.6. The molecule has 10 rings (SSSR count). The van der Waals surface area contributed by atoms with E-state index >= 15 is 0 Å². The summed E-state index contributed by atoms with van der Waals surface area (Å²) in [4.78, 5) is 37.5. The third-order valence-electron chi connectivity index (χ3n) is 11.3. The van der Waals surface area contributed by atoms with E-state index in [1.165, 1.54) is 31.8 Å². The summed E-state index contributed by atoms with van der Waals surface area (Å²) in [6, 6.07) is 87.9. The maximum absolute atomic E-state index is 8.25. The fourth-order valence-corrected chi connectivity index (χ4v) is 13.1. The molecule has 4 aromatic heterocycles. The van der Waals surface area contributed by atoms with Crippen LogP contribution in [0, 0.1) is 67.7 Å². The van der Waals surface area contributed by atoms with E-state index in [4.69, 9.17) is 136 Å². The molecule has 0 unspecified atom stereocenters. The van der Waals surface area contributed by atoms with Gasteiger partial charge >= 0.3 is 78.9 Å². The standard InChI is InChI=1S/2C18H15P.2C15H13N3.4CH2Cl2.2Au.2Cu.2NO3.2H2O/c2*1-4-10-16(11-5-1)19(17-12-6-2-7-13-17)18-14-8-3-9-15-18;2*1-2-11-18(12-14-7-3-5-9-16-14)13-15-8-4-6-10-17-15;4*2-1-3;;;;;2*2-1(3)4;;/h2*1-15H;2*3-9H,11-13H2;4*1H2;;;;;;;2*1H2/q;;2*-2;;;;;2*+1;2*+2;2*-1;;/p+2. The fourth-order valence-electron chi connectivity index (χ4n) is 7.98. The van der Waals surface area contributed by atoms with Crippen molar-refractivity contribution in [2.45, 2.75) is 26.2 Å². The van der Waals surface area contributed by atoms with Gasteiger partial charge in [-0.05, 0) is 110 Å². The Bertz CT molecular complexity index is 3000. The van der Waals surface area contributed by atoms with Gasteiger partial charge in [0.25, 0.3) is 0 Å². The molecule has 100 heavy (non-hydrogen) atoms. The van der Waals surface area contributed by atoms with E-state index in [0.717, 1.165) is 22.8 Å². The fraction of sp³-hybridized carbons (Fsp3) is 0.143. The number of hydrogen-bond acceptors (Lipinski definition) is 12. The minimum Gasteiger partial charge on any atom is -0.692 e. The molecule has 4 N–H and O–H groups in total. The molecule has 0 atom stereocenters. The maximum atomic E-state index is 8.25. The molecule has 0 bridgehead atoms. The first-order chi connectivity index (χ1) is 45.8. The molecule has 0 fully saturated rings. The largest absolute Gasteiger partial charge is 2.00 e. The topological polar surface area (TPSA) is 253 Å². The Morgan fingerprint density at radius 2 is 0.550 bits per heavy atom. The van der Waals surface area contributed by atoms with Crippen LogP contribution in [0.3, 0.4) is 0 Å². The van der Waals surface area contributed by atoms with Gasteiger partial charge in [0.1, 0.15) is 31.8 Å². The number of alkyl halides is 8. The van der Waals surface area contributed by atoms with Gasteiger partial charge in [-0.1, -0.05) is 145 Å². The van der Waals surface area contributed by atoms with Gasteiger partial charge in [0, 0.05) is 38.6 Å².